The molecular formula is C25H22N6O3. The van der Waals surface area contributed by atoms with Gasteiger partial charge in [0, 0.05) is 46.5 Å². The van der Waals surface area contributed by atoms with Crippen LogP contribution in [0.15, 0.2) is 78.9 Å². The molecule has 0 atom stereocenters. The van der Waals surface area contributed by atoms with Crippen molar-refractivity contribution in [3.8, 4) is 0 Å². The van der Waals surface area contributed by atoms with Crippen molar-refractivity contribution in [2.24, 2.45) is 0 Å². The summed E-state index contributed by atoms with van der Waals surface area (Å²) in [6.07, 6.45) is 0. The molecule has 9 nitrogen and oxygen atoms in total. The fourth-order valence-electron chi connectivity index (χ4n) is 3.18. The van der Waals surface area contributed by atoms with E-state index in [2.05, 4.69) is 25.9 Å². The Kier molecular flexibility index (Phi) is 6.45. The molecule has 0 unspecified atom stereocenters. The number of benzene rings is 3. The molecule has 0 fully saturated rings. The number of nitro benzene ring substituents is 1. The maximum Gasteiger partial charge on any atom is 0.269 e. The van der Waals surface area contributed by atoms with E-state index in [4.69, 9.17) is 0 Å². The van der Waals surface area contributed by atoms with Crippen molar-refractivity contribution < 1.29 is 9.72 Å². The Bertz CT molecular complexity index is 1320. The predicted octanol–water partition coefficient (Wildman–Crippen LogP) is 5.74. The summed E-state index contributed by atoms with van der Waals surface area (Å²) in [7, 11) is 0. The summed E-state index contributed by atoms with van der Waals surface area (Å²) < 4.78 is 0. The van der Waals surface area contributed by atoms with Crippen molar-refractivity contribution >= 4 is 40.4 Å². The second-order valence-electron chi connectivity index (χ2n) is 7.67. The van der Waals surface area contributed by atoms with Crippen LogP contribution in [0.3, 0.4) is 0 Å². The lowest BCUT2D eigenvalue weighted by Gasteiger charge is -2.11. The van der Waals surface area contributed by atoms with Gasteiger partial charge in [0.1, 0.15) is 5.82 Å². The molecule has 9 heteroatoms. The third kappa shape index (κ3) is 5.71. The molecule has 1 heterocycles. The second-order valence-corrected chi connectivity index (χ2v) is 7.67. The van der Waals surface area contributed by atoms with E-state index < -0.39 is 4.92 Å². The molecule has 0 saturated heterocycles. The second kappa shape index (κ2) is 9.78. The third-order valence-electron chi connectivity index (χ3n) is 4.92. The summed E-state index contributed by atoms with van der Waals surface area (Å²) in [5, 5.41) is 20.0. The van der Waals surface area contributed by atoms with E-state index in [9.17, 15) is 14.9 Å². The highest BCUT2D eigenvalue weighted by molar-refractivity contribution is 6.04. The number of nitro groups is 1. The SMILES string of the molecule is Cc1ccc(Nc2cc(C)nc(Nc3ccc(NC(=O)c4ccc([N+](=O)[O-])cc4)cc3)n2)cc1. The van der Waals surface area contributed by atoms with Crippen molar-refractivity contribution in [3.63, 3.8) is 0 Å². The Labute approximate surface area is 196 Å². The lowest BCUT2D eigenvalue weighted by atomic mass is 10.2. The molecule has 0 aliphatic rings. The summed E-state index contributed by atoms with van der Waals surface area (Å²) in [4.78, 5) is 31.6. The minimum Gasteiger partial charge on any atom is -0.340 e. The number of carbonyl (C=O) groups is 1. The monoisotopic (exact) mass is 454 g/mol. The number of rotatable bonds is 7. The summed E-state index contributed by atoms with van der Waals surface area (Å²) in [5.41, 5.74) is 4.51. The van der Waals surface area contributed by atoms with Crippen molar-refractivity contribution in [1.82, 2.24) is 9.97 Å². The van der Waals surface area contributed by atoms with Crippen LogP contribution in [0.2, 0.25) is 0 Å². The van der Waals surface area contributed by atoms with Crippen LogP contribution < -0.4 is 16.0 Å². The molecule has 0 spiro atoms. The summed E-state index contributed by atoms with van der Waals surface area (Å²) >= 11 is 0. The van der Waals surface area contributed by atoms with E-state index >= 15 is 0 Å². The van der Waals surface area contributed by atoms with Crippen LogP contribution in [0.5, 0.6) is 0 Å². The van der Waals surface area contributed by atoms with Gasteiger partial charge in [-0.15, -0.1) is 0 Å². The molecule has 3 aromatic carbocycles. The summed E-state index contributed by atoms with van der Waals surface area (Å²) in [5.74, 6) is 0.757. The number of hydrogen-bond acceptors (Lipinski definition) is 7. The van der Waals surface area contributed by atoms with Crippen LogP contribution in [-0.4, -0.2) is 20.8 Å². The summed E-state index contributed by atoms with van der Waals surface area (Å²) in [6.45, 7) is 3.93. The zero-order valence-electron chi connectivity index (χ0n) is 18.6. The molecule has 34 heavy (non-hydrogen) atoms. The van der Waals surface area contributed by atoms with Gasteiger partial charge in [0.2, 0.25) is 5.95 Å². The molecule has 1 amide bonds. The fraction of sp³-hybridized carbons (Fsp3) is 0.0800. The maximum absolute atomic E-state index is 12.4. The number of amides is 1. The van der Waals surface area contributed by atoms with Crippen LogP contribution in [0, 0.1) is 24.0 Å². The number of nitrogens with one attached hydrogen (secondary N) is 3. The number of anilines is 5. The summed E-state index contributed by atoms with van der Waals surface area (Å²) in [6, 6.07) is 22.4. The average molecular weight is 454 g/mol. The smallest absolute Gasteiger partial charge is 0.269 e. The van der Waals surface area contributed by atoms with Crippen LogP contribution in [0.25, 0.3) is 0 Å². The molecule has 0 aliphatic heterocycles. The average Bonchev–Trinajstić information content (AvgIpc) is 2.81. The Balaban J connectivity index is 1.41. The zero-order chi connectivity index (χ0) is 24.1. The molecule has 0 aliphatic carbocycles. The van der Waals surface area contributed by atoms with Crippen molar-refractivity contribution in [2.45, 2.75) is 13.8 Å². The third-order valence-corrected chi connectivity index (χ3v) is 4.92. The van der Waals surface area contributed by atoms with E-state index in [0.29, 0.717) is 23.0 Å². The maximum atomic E-state index is 12.4. The van der Waals surface area contributed by atoms with Crippen molar-refractivity contribution in [3.05, 3.63) is 106 Å². The minimum absolute atomic E-state index is 0.0671. The number of aromatic nitrogens is 2. The molecule has 0 radical (unpaired) electrons. The van der Waals surface area contributed by atoms with Crippen molar-refractivity contribution in [2.75, 3.05) is 16.0 Å². The van der Waals surface area contributed by atoms with E-state index in [-0.39, 0.29) is 11.6 Å². The lowest BCUT2D eigenvalue weighted by molar-refractivity contribution is -0.384. The van der Waals surface area contributed by atoms with Gasteiger partial charge in [-0.1, -0.05) is 17.7 Å². The Hall–Kier alpha value is -4.79. The number of non-ortho nitro benzene ring substituents is 1. The first-order chi connectivity index (χ1) is 16.4. The molecule has 4 aromatic rings. The van der Waals surface area contributed by atoms with Gasteiger partial charge < -0.3 is 16.0 Å². The molecule has 1 aromatic heterocycles. The highest BCUT2D eigenvalue weighted by Crippen LogP contribution is 2.21. The Morgan fingerprint density at radius 1 is 0.794 bits per heavy atom. The van der Waals surface area contributed by atoms with E-state index in [1.807, 2.05) is 44.2 Å². The number of carbonyl (C=O) groups excluding carboxylic acids is 1. The first-order valence-electron chi connectivity index (χ1n) is 10.5. The normalized spacial score (nSPS) is 10.4. The van der Waals surface area contributed by atoms with Crippen molar-refractivity contribution in [1.29, 1.82) is 0 Å². The molecule has 0 bridgehead atoms. The molecular weight excluding hydrogens is 432 g/mol. The van der Waals surface area contributed by atoms with Gasteiger partial charge in [0.25, 0.3) is 11.6 Å². The van der Waals surface area contributed by atoms with Gasteiger partial charge >= 0.3 is 0 Å². The highest BCUT2D eigenvalue weighted by Gasteiger charge is 2.10. The van der Waals surface area contributed by atoms with Crippen LogP contribution in [0.4, 0.5) is 34.5 Å². The standard InChI is InChI=1S/C25H22N6O3/c1-16-3-7-19(8-4-16)27-23-15-17(2)26-25(30-23)29-21-11-9-20(10-12-21)28-24(32)18-5-13-22(14-6-18)31(33)34/h3-15H,1-2H3,(H,28,32)(H2,26,27,29,30). The van der Waals surface area contributed by atoms with Gasteiger partial charge in [-0.2, -0.15) is 4.98 Å². The predicted molar refractivity (Wildman–Crippen MR) is 132 cm³/mol. The number of nitrogens with zero attached hydrogens (tertiary/aromatic N) is 3. The number of aryl methyl sites for hydroxylation is 2. The van der Waals surface area contributed by atoms with Crippen LogP contribution in [-0.2, 0) is 0 Å². The van der Waals surface area contributed by atoms with E-state index in [0.717, 1.165) is 17.1 Å². The first-order valence-corrected chi connectivity index (χ1v) is 10.5. The number of hydrogen-bond donors (Lipinski definition) is 3. The van der Waals surface area contributed by atoms with Gasteiger partial charge in [0.15, 0.2) is 0 Å². The van der Waals surface area contributed by atoms with Gasteiger partial charge in [-0.05, 0) is 62.4 Å². The van der Waals surface area contributed by atoms with Gasteiger partial charge in [-0.25, -0.2) is 4.98 Å². The Morgan fingerprint density at radius 2 is 1.38 bits per heavy atom. The van der Waals surface area contributed by atoms with Crippen LogP contribution in [0.1, 0.15) is 21.6 Å². The molecule has 4 rings (SSSR count). The van der Waals surface area contributed by atoms with Gasteiger partial charge in [-0.3, -0.25) is 14.9 Å². The quantitative estimate of drug-likeness (QED) is 0.240. The largest absolute Gasteiger partial charge is 0.340 e. The molecule has 0 saturated carbocycles. The van der Waals surface area contributed by atoms with Gasteiger partial charge in [0.05, 0.1) is 4.92 Å². The van der Waals surface area contributed by atoms with E-state index in [1.165, 1.54) is 29.8 Å². The molecule has 170 valence electrons. The minimum atomic E-state index is -0.507. The zero-order valence-corrected chi connectivity index (χ0v) is 18.6. The molecule has 3 N–H and O–H groups in total. The Morgan fingerprint density at radius 3 is 2.03 bits per heavy atom. The lowest BCUT2D eigenvalue weighted by Crippen LogP contribution is -2.11. The van der Waals surface area contributed by atoms with E-state index in [1.54, 1.807) is 24.3 Å². The van der Waals surface area contributed by atoms with Crippen LogP contribution >= 0.6 is 0 Å². The fourth-order valence-corrected chi connectivity index (χ4v) is 3.18. The highest BCUT2D eigenvalue weighted by atomic mass is 16.6. The topological polar surface area (TPSA) is 122 Å². The first kappa shape index (κ1) is 22.4.